The third kappa shape index (κ3) is 2.07. The van der Waals surface area contributed by atoms with Crippen LogP contribution in [-0.2, 0) is 0 Å². The smallest absolute Gasteiger partial charge is 0.159 e. The Hall–Kier alpha value is -0.450. The maximum atomic E-state index is 5.75. The van der Waals surface area contributed by atoms with E-state index in [0.717, 1.165) is 15.2 Å². The van der Waals surface area contributed by atoms with Crippen molar-refractivity contribution in [3.05, 3.63) is 32.8 Å². The van der Waals surface area contributed by atoms with Crippen LogP contribution >= 0.6 is 38.9 Å². The molecule has 0 N–H and O–H groups in total. The summed E-state index contributed by atoms with van der Waals surface area (Å²) in [7, 11) is 0. The first kappa shape index (κ1) is 9.12. The summed E-state index contributed by atoms with van der Waals surface area (Å²) in [4.78, 5) is 8.17. The molecule has 0 unspecified atom stereocenters. The highest BCUT2D eigenvalue weighted by Gasteiger charge is 2.02. The summed E-state index contributed by atoms with van der Waals surface area (Å²) in [5.74, 6) is 0. The average molecular weight is 276 g/mol. The Morgan fingerprint density at radius 2 is 2.31 bits per heavy atom. The van der Waals surface area contributed by atoms with E-state index in [9.17, 15) is 0 Å². The van der Waals surface area contributed by atoms with Gasteiger partial charge < -0.3 is 0 Å². The van der Waals surface area contributed by atoms with Crippen molar-refractivity contribution in [3.8, 4) is 11.3 Å². The fourth-order valence-electron chi connectivity index (χ4n) is 0.946. The minimum absolute atomic E-state index is 0.488. The standard InChI is InChI=1S/C8H4BrClN2S/c9-8-12-6(4-13-8)5-1-2-11-7(10)3-5/h1-4H. The Balaban J connectivity index is 2.46. The van der Waals surface area contributed by atoms with Crippen molar-refractivity contribution < 1.29 is 0 Å². The van der Waals surface area contributed by atoms with Gasteiger partial charge in [0.05, 0.1) is 5.69 Å². The van der Waals surface area contributed by atoms with Crippen molar-refractivity contribution in [1.29, 1.82) is 0 Å². The van der Waals surface area contributed by atoms with Gasteiger partial charge in [-0.15, -0.1) is 11.3 Å². The van der Waals surface area contributed by atoms with Crippen LogP contribution in [0.4, 0.5) is 0 Å². The Kier molecular flexibility index (Phi) is 2.62. The molecule has 2 heterocycles. The monoisotopic (exact) mass is 274 g/mol. The molecule has 0 atom stereocenters. The molecule has 0 radical (unpaired) electrons. The van der Waals surface area contributed by atoms with E-state index in [1.54, 1.807) is 23.6 Å². The van der Waals surface area contributed by atoms with Crippen LogP contribution in [0, 0.1) is 0 Å². The number of nitrogens with zero attached hydrogens (tertiary/aromatic N) is 2. The molecule has 13 heavy (non-hydrogen) atoms. The van der Waals surface area contributed by atoms with E-state index in [1.165, 1.54) is 0 Å². The zero-order valence-corrected chi connectivity index (χ0v) is 9.53. The lowest BCUT2D eigenvalue weighted by Gasteiger charge is -1.94. The quantitative estimate of drug-likeness (QED) is 0.743. The fourth-order valence-corrected chi connectivity index (χ4v) is 2.14. The van der Waals surface area contributed by atoms with Crippen LogP contribution in [0.1, 0.15) is 0 Å². The largest absolute Gasteiger partial charge is 0.245 e. The van der Waals surface area contributed by atoms with Gasteiger partial charge in [0.1, 0.15) is 5.15 Å². The Labute approximate surface area is 92.7 Å². The molecule has 0 saturated carbocycles. The summed E-state index contributed by atoms with van der Waals surface area (Å²) in [6.07, 6.45) is 1.67. The van der Waals surface area contributed by atoms with Crippen LogP contribution in [0.2, 0.25) is 5.15 Å². The topological polar surface area (TPSA) is 25.8 Å². The first-order valence-electron chi connectivity index (χ1n) is 3.48. The molecule has 2 aromatic heterocycles. The van der Waals surface area contributed by atoms with Gasteiger partial charge in [-0.05, 0) is 28.1 Å². The highest BCUT2D eigenvalue weighted by molar-refractivity contribution is 9.11. The van der Waals surface area contributed by atoms with Gasteiger partial charge in [0, 0.05) is 17.1 Å². The normalized spacial score (nSPS) is 10.3. The lowest BCUT2D eigenvalue weighted by atomic mass is 10.2. The van der Waals surface area contributed by atoms with Gasteiger partial charge in [-0.25, -0.2) is 9.97 Å². The van der Waals surface area contributed by atoms with Crippen molar-refractivity contribution in [1.82, 2.24) is 9.97 Å². The van der Waals surface area contributed by atoms with Crippen molar-refractivity contribution in [2.75, 3.05) is 0 Å². The molecule has 0 fully saturated rings. The van der Waals surface area contributed by atoms with Crippen molar-refractivity contribution >= 4 is 38.9 Å². The molecular formula is C8H4BrClN2S. The van der Waals surface area contributed by atoms with Crippen molar-refractivity contribution in [3.63, 3.8) is 0 Å². The summed E-state index contributed by atoms with van der Waals surface area (Å²) < 4.78 is 0.871. The number of thiazole rings is 1. The van der Waals surface area contributed by atoms with Crippen LogP contribution in [0.25, 0.3) is 11.3 Å². The average Bonchev–Trinajstić information content (AvgIpc) is 2.52. The first-order valence-corrected chi connectivity index (χ1v) is 5.54. The number of halogens is 2. The molecule has 0 aliphatic carbocycles. The molecule has 2 nitrogen and oxygen atoms in total. The minimum atomic E-state index is 0.488. The van der Waals surface area contributed by atoms with Crippen LogP contribution in [-0.4, -0.2) is 9.97 Å². The van der Waals surface area contributed by atoms with Gasteiger partial charge in [-0.3, -0.25) is 0 Å². The molecule has 0 aliphatic rings. The third-order valence-corrected chi connectivity index (χ3v) is 3.07. The number of rotatable bonds is 1. The SMILES string of the molecule is Clc1cc(-c2csc(Br)n2)ccn1. The summed E-state index contributed by atoms with van der Waals surface area (Å²) in [6.45, 7) is 0. The molecule has 0 aromatic carbocycles. The molecule has 2 rings (SSSR count). The molecule has 0 aliphatic heterocycles. The van der Waals surface area contributed by atoms with E-state index in [-0.39, 0.29) is 0 Å². The van der Waals surface area contributed by atoms with E-state index in [1.807, 2.05) is 11.4 Å². The summed E-state index contributed by atoms with van der Waals surface area (Å²) in [5.41, 5.74) is 1.91. The van der Waals surface area contributed by atoms with Gasteiger partial charge in [0.25, 0.3) is 0 Å². The molecule has 0 bridgehead atoms. The Morgan fingerprint density at radius 1 is 1.46 bits per heavy atom. The van der Waals surface area contributed by atoms with Crippen LogP contribution in [0.3, 0.4) is 0 Å². The van der Waals surface area contributed by atoms with Crippen LogP contribution in [0.15, 0.2) is 27.6 Å². The van der Waals surface area contributed by atoms with Gasteiger partial charge in [-0.1, -0.05) is 11.6 Å². The van der Waals surface area contributed by atoms with Gasteiger partial charge in [0.15, 0.2) is 3.92 Å². The molecule has 66 valence electrons. The van der Waals surface area contributed by atoms with Crippen LogP contribution in [0.5, 0.6) is 0 Å². The fraction of sp³-hybridized carbons (Fsp3) is 0. The van der Waals surface area contributed by atoms with E-state index >= 15 is 0 Å². The number of hydrogen-bond donors (Lipinski definition) is 0. The van der Waals surface area contributed by atoms with Gasteiger partial charge >= 0.3 is 0 Å². The highest BCUT2D eigenvalue weighted by Crippen LogP contribution is 2.25. The molecule has 0 amide bonds. The third-order valence-electron chi connectivity index (χ3n) is 1.50. The molecule has 5 heteroatoms. The maximum Gasteiger partial charge on any atom is 0.159 e. The second kappa shape index (κ2) is 3.74. The molecule has 0 saturated heterocycles. The number of pyridine rings is 1. The van der Waals surface area contributed by atoms with Crippen molar-refractivity contribution in [2.45, 2.75) is 0 Å². The van der Waals surface area contributed by atoms with Crippen LogP contribution < -0.4 is 0 Å². The van der Waals surface area contributed by atoms with E-state index in [2.05, 4.69) is 25.9 Å². The summed E-state index contributed by atoms with van der Waals surface area (Å²) in [6, 6.07) is 3.68. The summed E-state index contributed by atoms with van der Waals surface area (Å²) in [5, 5.41) is 2.46. The number of hydrogen-bond acceptors (Lipinski definition) is 3. The molecule has 2 aromatic rings. The van der Waals surface area contributed by atoms with Gasteiger partial charge in [0.2, 0.25) is 0 Å². The second-order valence-electron chi connectivity index (χ2n) is 2.35. The van der Waals surface area contributed by atoms with E-state index in [4.69, 9.17) is 11.6 Å². The van der Waals surface area contributed by atoms with E-state index in [0.29, 0.717) is 5.15 Å². The predicted octanol–water partition coefficient (Wildman–Crippen LogP) is 3.62. The minimum Gasteiger partial charge on any atom is -0.245 e. The zero-order chi connectivity index (χ0) is 9.26. The zero-order valence-electron chi connectivity index (χ0n) is 6.37. The lowest BCUT2D eigenvalue weighted by molar-refractivity contribution is 1.30. The second-order valence-corrected chi connectivity index (χ2v) is 4.87. The Bertz CT molecular complexity index is 430. The predicted molar refractivity (Wildman–Crippen MR) is 58.1 cm³/mol. The first-order chi connectivity index (χ1) is 6.25. The summed E-state index contributed by atoms with van der Waals surface area (Å²) >= 11 is 10.6. The highest BCUT2D eigenvalue weighted by atomic mass is 79.9. The maximum absolute atomic E-state index is 5.75. The van der Waals surface area contributed by atoms with Crippen molar-refractivity contribution in [2.24, 2.45) is 0 Å². The molecule has 0 spiro atoms. The lowest BCUT2D eigenvalue weighted by Crippen LogP contribution is -1.79. The molecular weight excluding hydrogens is 272 g/mol. The Morgan fingerprint density at radius 3 is 2.92 bits per heavy atom. The van der Waals surface area contributed by atoms with Gasteiger partial charge in [-0.2, -0.15) is 0 Å². The number of aromatic nitrogens is 2. The van der Waals surface area contributed by atoms with E-state index < -0.39 is 0 Å².